The molecular formula is C12H16Cl3N3O3. The Labute approximate surface area is 137 Å². The lowest BCUT2D eigenvalue weighted by Gasteiger charge is -2.33. The first-order valence-electron chi connectivity index (χ1n) is 6.07. The van der Waals surface area contributed by atoms with E-state index in [1.54, 1.807) is 20.8 Å². The number of hydrogen-bond donors (Lipinski definition) is 0. The number of carbonyl (C=O) groups is 2. The zero-order chi connectivity index (χ0) is 16.4. The monoisotopic (exact) mass is 355 g/mol. The summed E-state index contributed by atoms with van der Waals surface area (Å²) in [5.74, 6) is -0.969. The maximum Gasteiger partial charge on any atom is 0.303 e. The van der Waals surface area contributed by atoms with Gasteiger partial charge in [-0.1, -0.05) is 55.6 Å². The van der Waals surface area contributed by atoms with E-state index in [1.165, 1.54) is 24.3 Å². The molecule has 0 aliphatic heterocycles. The van der Waals surface area contributed by atoms with Crippen LogP contribution in [0, 0.1) is 5.41 Å². The van der Waals surface area contributed by atoms with E-state index in [-0.39, 0.29) is 5.78 Å². The van der Waals surface area contributed by atoms with Crippen LogP contribution in [0.1, 0.15) is 33.7 Å². The maximum absolute atomic E-state index is 12.7. The van der Waals surface area contributed by atoms with Gasteiger partial charge in [-0.15, -0.1) is 0 Å². The standard InChI is InChI=1S/C12H16Cl3N3O3/c1-7(19)21-10(12(13,14)15)8(9(20)11(2,3)4)18-6-16-5-17-18/h5-6,8,10H,1-4H3. The van der Waals surface area contributed by atoms with Gasteiger partial charge in [-0.2, -0.15) is 5.10 Å². The number of alkyl halides is 3. The molecule has 0 spiro atoms. The van der Waals surface area contributed by atoms with Crippen molar-refractivity contribution in [3.05, 3.63) is 12.7 Å². The molecule has 0 N–H and O–H groups in total. The Hall–Kier alpha value is -0.850. The number of aromatic nitrogens is 3. The van der Waals surface area contributed by atoms with Crippen molar-refractivity contribution in [3.63, 3.8) is 0 Å². The lowest BCUT2D eigenvalue weighted by atomic mass is 9.84. The first-order chi connectivity index (χ1) is 9.44. The van der Waals surface area contributed by atoms with Gasteiger partial charge in [-0.3, -0.25) is 9.59 Å². The number of ether oxygens (including phenoxy) is 1. The summed E-state index contributed by atoms with van der Waals surface area (Å²) in [6.07, 6.45) is 1.22. The average Bonchev–Trinajstić information content (AvgIpc) is 2.78. The molecule has 0 amide bonds. The van der Waals surface area contributed by atoms with Crippen molar-refractivity contribution in [3.8, 4) is 0 Å². The SMILES string of the molecule is CC(=O)OC(C(C(=O)C(C)(C)C)n1cncn1)C(Cl)(Cl)Cl. The molecule has 118 valence electrons. The third-order valence-corrected chi connectivity index (χ3v) is 3.28. The molecule has 2 unspecified atom stereocenters. The Morgan fingerprint density at radius 2 is 1.81 bits per heavy atom. The summed E-state index contributed by atoms with van der Waals surface area (Å²) in [5, 5.41) is 3.91. The molecule has 0 saturated heterocycles. The number of nitrogens with zero attached hydrogens (tertiary/aromatic N) is 3. The normalized spacial score (nSPS) is 15.4. The van der Waals surface area contributed by atoms with Gasteiger partial charge in [-0.05, 0) is 0 Å². The van der Waals surface area contributed by atoms with Crippen LogP contribution in [0.3, 0.4) is 0 Å². The van der Waals surface area contributed by atoms with Crippen molar-refractivity contribution < 1.29 is 14.3 Å². The van der Waals surface area contributed by atoms with Crippen molar-refractivity contribution >= 4 is 46.6 Å². The quantitative estimate of drug-likeness (QED) is 0.612. The van der Waals surface area contributed by atoms with Crippen LogP contribution in [-0.4, -0.2) is 36.4 Å². The van der Waals surface area contributed by atoms with Gasteiger partial charge in [0.25, 0.3) is 0 Å². The van der Waals surface area contributed by atoms with Crippen molar-refractivity contribution in [1.29, 1.82) is 0 Å². The highest BCUT2D eigenvalue weighted by Gasteiger charge is 2.48. The highest BCUT2D eigenvalue weighted by Crippen LogP contribution is 2.40. The summed E-state index contributed by atoms with van der Waals surface area (Å²) in [6.45, 7) is 6.30. The fourth-order valence-electron chi connectivity index (χ4n) is 1.69. The van der Waals surface area contributed by atoms with Crippen LogP contribution >= 0.6 is 34.8 Å². The third-order valence-electron chi connectivity index (χ3n) is 2.63. The summed E-state index contributed by atoms with van der Waals surface area (Å²) in [6, 6.07) is -1.09. The number of hydrogen-bond acceptors (Lipinski definition) is 5. The first kappa shape index (κ1) is 18.2. The molecule has 0 saturated carbocycles. The van der Waals surface area contributed by atoms with Crippen LogP contribution < -0.4 is 0 Å². The number of ketones is 1. The minimum absolute atomic E-state index is 0.300. The molecule has 0 fully saturated rings. The second-order valence-electron chi connectivity index (χ2n) is 5.51. The number of carbonyl (C=O) groups excluding carboxylic acids is 2. The fourth-order valence-corrected chi connectivity index (χ4v) is 2.18. The first-order valence-corrected chi connectivity index (χ1v) is 7.20. The molecule has 1 aromatic rings. The molecule has 0 bridgehead atoms. The lowest BCUT2D eigenvalue weighted by molar-refractivity contribution is -0.152. The molecular weight excluding hydrogens is 341 g/mol. The highest BCUT2D eigenvalue weighted by molar-refractivity contribution is 6.68. The van der Waals surface area contributed by atoms with Gasteiger partial charge in [-0.25, -0.2) is 9.67 Å². The number of Topliss-reactive ketones (excluding diaryl/α,β-unsaturated/α-hetero) is 1. The average molecular weight is 357 g/mol. The molecule has 1 heterocycles. The van der Waals surface area contributed by atoms with Crippen molar-refractivity contribution in [2.24, 2.45) is 5.41 Å². The largest absolute Gasteiger partial charge is 0.455 e. The summed E-state index contributed by atoms with van der Waals surface area (Å²) in [5.41, 5.74) is -0.759. The van der Waals surface area contributed by atoms with Crippen LogP contribution in [-0.2, 0) is 14.3 Å². The van der Waals surface area contributed by atoms with Crippen LogP contribution in [0.4, 0.5) is 0 Å². The van der Waals surface area contributed by atoms with Gasteiger partial charge in [0.1, 0.15) is 12.7 Å². The van der Waals surface area contributed by atoms with E-state index in [9.17, 15) is 9.59 Å². The van der Waals surface area contributed by atoms with E-state index in [1.807, 2.05) is 0 Å². The molecule has 1 rings (SSSR count). The van der Waals surface area contributed by atoms with Crippen molar-refractivity contribution in [2.45, 2.75) is 43.6 Å². The summed E-state index contributed by atoms with van der Waals surface area (Å²) in [4.78, 5) is 27.8. The van der Waals surface area contributed by atoms with Crippen LogP contribution in [0.15, 0.2) is 12.7 Å². The number of rotatable bonds is 4. The van der Waals surface area contributed by atoms with Crippen molar-refractivity contribution in [1.82, 2.24) is 14.8 Å². The van der Waals surface area contributed by atoms with Gasteiger partial charge < -0.3 is 4.74 Å². The van der Waals surface area contributed by atoms with Gasteiger partial charge in [0, 0.05) is 12.3 Å². The third kappa shape index (κ3) is 4.83. The molecule has 0 aliphatic carbocycles. The molecule has 0 radical (unpaired) electrons. The van der Waals surface area contributed by atoms with Crippen molar-refractivity contribution in [2.75, 3.05) is 0 Å². The Morgan fingerprint density at radius 1 is 1.24 bits per heavy atom. The summed E-state index contributed by atoms with van der Waals surface area (Å²) in [7, 11) is 0. The minimum Gasteiger partial charge on any atom is -0.455 e. The van der Waals surface area contributed by atoms with Crippen LogP contribution in [0.2, 0.25) is 0 Å². The molecule has 9 heteroatoms. The van der Waals surface area contributed by atoms with Crippen LogP contribution in [0.25, 0.3) is 0 Å². The van der Waals surface area contributed by atoms with Crippen LogP contribution in [0.5, 0.6) is 0 Å². The smallest absolute Gasteiger partial charge is 0.303 e. The van der Waals surface area contributed by atoms with Gasteiger partial charge in [0.2, 0.25) is 3.79 Å². The van der Waals surface area contributed by atoms with E-state index in [2.05, 4.69) is 10.1 Å². The predicted octanol–water partition coefficient (Wildman–Crippen LogP) is 2.74. The zero-order valence-corrected chi connectivity index (χ0v) is 14.3. The molecule has 6 nitrogen and oxygen atoms in total. The Balaban J connectivity index is 3.33. The Bertz CT molecular complexity index is 506. The van der Waals surface area contributed by atoms with E-state index in [0.717, 1.165) is 0 Å². The van der Waals surface area contributed by atoms with E-state index in [4.69, 9.17) is 39.5 Å². The van der Waals surface area contributed by atoms with Gasteiger partial charge in [0.15, 0.2) is 17.9 Å². The Kier molecular flexibility index (Phi) is 5.63. The zero-order valence-electron chi connectivity index (χ0n) is 12.0. The topological polar surface area (TPSA) is 74.1 Å². The molecule has 2 atom stereocenters. The molecule has 1 aromatic heterocycles. The fraction of sp³-hybridized carbons (Fsp3) is 0.667. The lowest BCUT2D eigenvalue weighted by Crippen LogP contribution is -2.46. The maximum atomic E-state index is 12.7. The van der Waals surface area contributed by atoms with E-state index >= 15 is 0 Å². The second-order valence-corrected chi connectivity index (χ2v) is 7.88. The molecule has 0 aromatic carbocycles. The van der Waals surface area contributed by atoms with E-state index < -0.39 is 27.3 Å². The minimum atomic E-state index is -2.00. The van der Waals surface area contributed by atoms with Gasteiger partial charge >= 0.3 is 5.97 Å². The predicted molar refractivity (Wildman–Crippen MR) is 79.4 cm³/mol. The number of esters is 1. The van der Waals surface area contributed by atoms with E-state index in [0.29, 0.717) is 0 Å². The molecule has 21 heavy (non-hydrogen) atoms. The molecule has 0 aliphatic rings. The second kappa shape index (κ2) is 6.50. The van der Waals surface area contributed by atoms with Gasteiger partial charge in [0.05, 0.1) is 0 Å². The summed E-state index contributed by atoms with van der Waals surface area (Å²) < 4.78 is 4.30. The summed E-state index contributed by atoms with van der Waals surface area (Å²) >= 11 is 17.7. The Morgan fingerprint density at radius 3 is 2.14 bits per heavy atom. The number of halogens is 3. The highest BCUT2D eigenvalue weighted by atomic mass is 35.6.